The highest BCUT2D eigenvalue weighted by molar-refractivity contribution is 8.14. The van der Waals surface area contributed by atoms with Crippen molar-refractivity contribution in [1.29, 1.82) is 0 Å². The van der Waals surface area contributed by atoms with Crippen LogP contribution < -0.4 is 5.32 Å². The first-order valence-corrected chi connectivity index (χ1v) is 8.01. The van der Waals surface area contributed by atoms with Gasteiger partial charge in [0.1, 0.15) is 11.6 Å². The molecule has 0 heterocycles. The van der Waals surface area contributed by atoms with Crippen molar-refractivity contribution in [3.63, 3.8) is 0 Å². The van der Waals surface area contributed by atoms with Gasteiger partial charge in [-0.05, 0) is 20.8 Å². The Morgan fingerprint density at radius 3 is 2.30 bits per heavy atom. The molecule has 1 atom stereocenters. The number of rotatable bonds is 5. The normalized spacial score (nSPS) is 12.2. The van der Waals surface area contributed by atoms with Gasteiger partial charge in [0, 0.05) is 11.3 Å². The van der Waals surface area contributed by atoms with E-state index in [2.05, 4.69) is 10.1 Å². The molecule has 0 fully saturated rings. The minimum atomic E-state index is -0.965. The highest BCUT2D eigenvalue weighted by atomic mass is 32.2. The zero-order valence-corrected chi connectivity index (χ0v) is 14.4. The zero-order valence-electron chi connectivity index (χ0n) is 13.6. The summed E-state index contributed by atoms with van der Waals surface area (Å²) >= 11 is 0.931. The van der Waals surface area contributed by atoms with Gasteiger partial charge in [0.05, 0.1) is 7.11 Å². The molecule has 0 aromatic heterocycles. The molecule has 1 amide bonds. The van der Waals surface area contributed by atoms with E-state index in [0.717, 1.165) is 11.8 Å². The second-order valence-corrected chi connectivity index (χ2v) is 6.68. The SMILES string of the molecule is COC(=O)C(CSC(=O)c1ccccc1)NC(=O)OC(C)(C)C. The van der Waals surface area contributed by atoms with Gasteiger partial charge < -0.3 is 14.8 Å². The Morgan fingerprint density at radius 2 is 1.78 bits per heavy atom. The summed E-state index contributed by atoms with van der Waals surface area (Å²) in [5.74, 6) is -0.580. The zero-order chi connectivity index (χ0) is 17.5. The van der Waals surface area contributed by atoms with Gasteiger partial charge in [-0.1, -0.05) is 42.1 Å². The number of carbonyl (C=O) groups is 3. The average Bonchev–Trinajstić information content (AvgIpc) is 2.49. The smallest absolute Gasteiger partial charge is 0.408 e. The first kappa shape index (κ1) is 19.0. The summed E-state index contributed by atoms with van der Waals surface area (Å²) in [6.45, 7) is 5.15. The van der Waals surface area contributed by atoms with E-state index in [1.807, 2.05) is 6.07 Å². The molecule has 0 saturated heterocycles. The van der Waals surface area contributed by atoms with E-state index < -0.39 is 23.7 Å². The minimum absolute atomic E-state index is 0.0552. The summed E-state index contributed by atoms with van der Waals surface area (Å²) < 4.78 is 9.75. The molecule has 0 aliphatic rings. The van der Waals surface area contributed by atoms with Crippen LogP contribution >= 0.6 is 11.8 Å². The number of hydrogen-bond acceptors (Lipinski definition) is 6. The third kappa shape index (κ3) is 7.19. The minimum Gasteiger partial charge on any atom is -0.467 e. The van der Waals surface area contributed by atoms with Gasteiger partial charge in [-0.3, -0.25) is 4.79 Å². The summed E-state index contributed by atoms with van der Waals surface area (Å²) in [4.78, 5) is 35.6. The Hall–Kier alpha value is -2.02. The molecule has 0 aliphatic carbocycles. The third-order valence-electron chi connectivity index (χ3n) is 2.57. The van der Waals surface area contributed by atoms with Crippen molar-refractivity contribution in [2.75, 3.05) is 12.9 Å². The van der Waals surface area contributed by atoms with Crippen LogP contribution in [0, 0.1) is 0 Å². The Balaban J connectivity index is 2.63. The topological polar surface area (TPSA) is 81.7 Å². The van der Waals surface area contributed by atoms with Crippen LogP contribution in [0.15, 0.2) is 30.3 Å². The van der Waals surface area contributed by atoms with Crippen molar-refractivity contribution >= 4 is 28.9 Å². The van der Waals surface area contributed by atoms with Crippen molar-refractivity contribution in [1.82, 2.24) is 5.32 Å². The molecule has 23 heavy (non-hydrogen) atoms. The summed E-state index contributed by atoms with van der Waals surface area (Å²) in [6.07, 6.45) is -0.735. The lowest BCUT2D eigenvalue weighted by Gasteiger charge is -2.22. The number of benzene rings is 1. The lowest BCUT2D eigenvalue weighted by atomic mass is 10.2. The van der Waals surface area contributed by atoms with E-state index >= 15 is 0 Å². The van der Waals surface area contributed by atoms with Gasteiger partial charge in [-0.25, -0.2) is 9.59 Å². The maximum absolute atomic E-state index is 12.0. The Bertz CT molecular complexity index is 553. The van der Waals surface area contributed by atoms with Gasteiger partial charge in [0.25, 0.3) is 0 Å². The summed E-state index contributed by atoms with van der Waals surface area (Å²) in [6, 6.07) is 7.72. The van der Waals surface area contributed by atoms with E-state index in [1.54, 1.807) is 45.0 Å². The second kappa shape index (κ2) is 8.57. The first-order valence-electron chi connectivity index (χ1n) is 7.02. The van der Waals surface area contributed by atoms with Gasteiger partial charge >= 0.3 is 12.1 Å². The molecule has 126 valence electrons. The number of nitrogens with one attached hydrogen (secondary N) is 1. The summed E-state index contributed by atoms with van der Waals surface area (Å²) in [5, 5.41) is 2.23. The molecule has 1 rings (SSSR count). The van der Waals surface area contributed by atoms with E-state index in [-0.39, 0.29) is 10.9 Å². The predicted octanol–water partition coefficient (Wildman–Crippen LogP) is 2.63. The largest absolute Gasteiger partial charge is 0.467 e. The number of esters is 1. The van der Waals surface area contributed by atoms with Crippen LogP contribution in [-0.4, -0.2) is 41.7 Å². The van der Waals surface area contributed by atoms with Crippen molar-refractivity contribution in [2.45, 2.75) is 32.4 Å². The Kier molecular flexibility index (Phi) is 7.09. The van der Waals surface area contributed by atoms with Crippen LogP contribution in [0.2, 0.25) is 0 Å². The molecule has 1 aromatic rings. The van der Waals surface area contributed by atoms with Crippen molar-refractivity contribution in [2.24, 2.45) is 0 Å². The molecule has 7 heteroatoms. The number of thioether (sulfide) groups is 1. The molecule has 0 spiro atoms. The molecule has 1 N–H and O–H groups in total. The number of amides is 1. The predicted molar refractivity (Wildman–Crippen MR) is 88.4 cm³/mol. The second-order valence-electron chi connectivity index (χ2n) is 5.69. The van der Waals surface area contributed by atoms with Gasteiger partial charge in [-0.2, -0.15) is 0 Å². The monoisotopic (exact) mass is 339 g/mol. The maximum Gasteiger partial charge on any atom is 0.408 e. The standard InChI is InChI=1S/C16H21NO5S/c1-16(2,3)22-15(20)17-12(13(18)21-4)10-23-14(19)11-8-6-5-7-9-11/h5-9,12H,10H2,1-4H3,(H,17,20). The molecule has 0 aliphatic heterocycles. The molecule has 6 nitrogen and oxygen atoms in total. The molecule has 0 saturated carbocycles. The van der Waals surface area contributed by atoms with Gasteiger partial charge in [-0.15, -0.1) is 0 Å². The molecule has 0 bridgehead atoms. The molecule has 1 unspecified atom stereocenters. The highest BCUT2D eigenvalue weighted by Gasteiger charge is 2.26. The maximum atomic E-state index is 12.0. The van der Waals surface area contributed by atoms with Gasteiger partial charge in [0.15, 0.2) is 0 Å². The quantitative estimate of drug-likeness (QED) is 0.831. The number of ether oxygens (including phenoxy) is 2. The van der Waals surface area contributed by atoms with Crippen LogP contribution in [0.25, 0.3) is 0 Å². The first-order chi connectivity index (χ1) is 10.7. The van der Waals surface area contributed by atoms with Crippen LogP contribution in [0.5, 0.6) is 0 Å². The van der Waals surface area contributed by atoms with Crippen LogP contribution in [0.3, 0.4) is 0 Å². The van der Waals surface area contributed by atoms with E-state index in [1.165, 1.54) is 7.11 Å². The fraction of sp³-hybridized carbons (Fsp3) is 0.438. The molecule has 0 radical (unpaired) electrons. The van der Waals surface area contributed by atoms with E-state index in [0.29, 0.717) is 5.56 Å². The van der Waals surface area contributed by atoms with Gasteiger partial charge in [0.2, 0.25) is 5.12 Å². The van der Waals surface area contributed by atoms with E-state index in [9.17, 15) is 14.4 Å². The Labute approximate surface area is 139 Å². The average molecular weight is 339 g/mol. The number of carbonyl (C=O) groups excluding carboxylic acids is 3. The van der Waals surface area contributed by atoms with Crippen molar-refractivity contribution in [3.05, 3.63) is 35.9 Å². The van der Waals surface area contributed by atoms with Crippen LogP contribution in [-0.2, 0) is 14.3 Å². The number of methoxy groups -OCH3 is 1. The number of alkyl carbamates (subject to hydrolysis) is 1. The van der Waals surface area contributed by atoms with Crippen LogP contribution in [0.4, 0.5) is 4.79 Å². The number of hydrogen-bond donors (Lipinski definition) is 1. The lowest BCUT2D eigenvalue weighted by molar-refractivity contribution is -0.142. The molecular formula is C16H21NO5S. The summed E-state index contributed by atoms with van der Waals surface area (Å²) in [5.41, 5.74) is -0.157. The third-order valence-corrected chi connectivity index (χ3v) is 3.57. The fourth-order valence-electron chi connectivity index (χ4n) is 1.58. The molecule has 1 aromatic carbocycles. The van der Waals surface area contributed by atoms with Crippen LogP contribution in [0.1, 0.15) is 31.1 Å². The highest BCUT2D eigenvalue weighted by Crippen LogP contribution is 2.14. The molecular weight excluding hydrogens is 318 g/mol. The van der Waals surface area contributed by atoms with Crippen molar-refractivity contribution in [3.8, 4) is 0 Å². The van der Waals surface area contributed by atoms with E-state index in [4.69, 9.17) is 4.74 Å². The lowest BCUT2D eigenvalue weighted by Crippen LogP contribution is -2.45. The Morgan fingerprint density at radius 1 is 1.17 bits per heavy atom. The van der Waals surface area contributed by atoms with Crippen molar-refractivity contribution < 1.29 is 23.9 Å². The fourth-order valence-corrected chi connectivity index (χ4v) is 2.42. The summed E-state index contributed by atoms with van der Waals surface area (Å²) in [7, 11) is 1.22.